The zero-order chi connectivity index (χ0) is 42.9. The molecule has 16 nitrogen and oxygen atoms in total. The fourth-order valence-electron chi connectivity index (χ4n) is 8.45. The number of halogens is 3. The number of rotatable bonds is 9. The van der Waals surface area contributed by atoms with Crippen LogP contribution in [0.15, 0.2) is 60.8 Å². The van der Waals surface area contributed by atoms with E-state index < -0.39 is 80.9 Å². The van der Waals surface area contributed by atoms with Crippen LogP contribution in [0.2, 0.25) is 0 Å². The van der Waals surface area contributed by atoms with E-state index in [0.717, 1.165) is 38.2 Å². The highest BCUT2D eigenvalue weighted by molar-refractivity contribution is 7.91. The first-order valence-electron chi connectivity index (χ1n) is 20.8. The van der Waals surface area contributed by atoms with Crippen LogP contribution in [0.1, 0.15) is 89.5 Å². The Labute approximate surface area is 350 Å². The van der Waals surface area contributed by atoms with E-state index in [1.165, 1.54) is 22.0 Å². The summed E-state index contributed by atoms with van der Waals surface area (Å²) in [5, 5.41) is 14.5. The van der Waals surface area contributed by atoms with Crippen molar-refractivity contribution in [3.05, 3.63) is 60.8 Å². The molecule has 3 saturated carbocycles. The number of hydrogen-bond donors (Lipinski definition) is 3. The number of alkyl carbamates (subject to hydrolysis) is 1. The van der Waals surface area contributed by atoms with Gasteiger partial charge in [-0.1, -0.05) is 55.3 Å². The van der Waals surface area contributed by atoms with Crippen molar-refractivity contribution >= 4 is 33.8 Å². The van der Waals surface area contributed by atoms with Gasteiger partial charge in [0.15, 0.2) is 0 Å². The second kappa shape index (κ2) is 17.1. The Morgan fingerprint density at radius 1 is 0.902 bits per heavy atom. The maximum Gasteiger partial charge on any atom is 0.574 e. The van der Waals surface area contributed by atoms with Gasteiger partial charge < -0.3 is 25.0 Å². The molecule has 3 N–H and O–H groups in total. The molecule has 2 aromatic heterocycles. The van der Waals surface area contributed by atoms with Crippen molar-refractivity contribution in [3.8, 4) is 28.4 Å². The Balaban J connectivity index is 1.13. The van der Waals surface area contributed by atoms with Gasteiger partial charge in [-0.2, -0.15) is 15.0 Å². The van der Waals surface area contributed by atoms with Crippen LogP contribution < -0.4 is 20.1 Å². The van der Waals surface area contributed by atoms with E-state index in [4.69, 9.17) is 14.9 Å². The number of fused-ring (bicyclic) bond motifs is 2. The number of nitrogens with zero attached hydrogens (tertiary/aromatic N) is 5. The fourth-order valence-corrected chi connectivity index (χ4v) is 9.81. The largest absolute Gasteiger partial charge is 0.574 e. The standard InChI is InChI=1S/C41H47F3N8O8S/c42-41(43,44)60-33-20-17-26(23-45-33)35-34(25-11-5-4-6-12-25)48-52(49-35)28-21-32-36(53)47-40(38(55)50-61(57,58)30-18-19-30)22-27(40)13-7-2-1-3-8-16-31(37(54)51(32)24-28)46-39(56)59-29-14-9-10-15-29/h4-7,11-13,17,20,23,27-32H,1-3,8-10,14-16,18-19,21-22,24H2,(H,46,56)(H,47,53)(H,50,55)/b13-7+/t27-,28-,31-,32+,40-/m1/s1. The predicted molar refractivity (Wildman–Crippen MR) is 211 cm³/mol. The van der Waals surface area contributed by atoms with Crippen LogP contribution in [0.25, 0.3) is 22.5 Å². The van der Waals surface area contributed by atoms with Crippen molar-refractivity contribution in [3.63, 3.8) is 0 Å². The molecule has 20 heteroatoms. The highest BCUT2D eigenvalue weighted by Crippen LogP contribution is 2.46. The first-order valence-corrected chi connectivity index (χ1v) is 22.3. The summed E-state index contributed by atoms with van der Waals surface area (Å²) in [6.07, 6.45) is 6.17. The molecule has 0 radical (unpaired) electrons. The summed E-state index contributed by atoms with van der Waals surface area (Å²) in [5.41, 5.74) is -0.0489. The lowest BCUT2D eigenvalue weighted by molar-refractivity contribution is -0.276. The second-order valence-electron chi connectivity index (χ2n) is 16.4. The third-order valence-electron chi connectivity index (χ3n) is 12.0. The summed E-state index contributed by atoms with van der Waals surface area (Å²) in [7, 11) is -3.96. The highest BCUT2D eigenvalue weighted by Gasteiger charge is 2.62. The lowest BCUT2D eigenvalue weighted by Gasteiger charge is -2.30. The molecule has 326 valence electrons. The van der Waals surface area contributed by atoms with E-state index in [0.29, 0.717) is 48.9 Å². The molecule has 5 aliphatic rings. The predicted octanol–water partition coefficient (Wildman–Crippen LogP) is 5.09. The monoisotopic (exact) mass is 868 g/mol. The summed E-state index contributed by atoms with van der Waals surface area (Å²) in [6.45, 7) is -0.107. The lowest BCUT2D eigenvalue weighted by atomic mass is 10.0. The average molecular weight is 869 g/mol. The molecule has 3 aromatic rings. The first-order chi connectivity index (χ1) is 29.2. The molecule has 3 aliphatic carbocycles. The van der Waals surface area contributed by atoms with Gasteiger partial charge in [0.05, 0.1) is 11.3 Å². The number of pyridine rings is 1. The van der Waals surface area contributed by atoms with Crippen molar-refractivity contribution in [2.45, 2.75) is 125 Å². The van der Waals surface area contributed by atoms with Gasteiger partial charge in [-0.05, 0) is 70.3 Å². The maximum atomic E-state index is 14.7. The van der Waals surface area contributed by atoms with E-state index in [1.54, 1.807) is 30.3 Å². The number of aromatic nitrogens is 4. The smallest absolute Gasteiger partial charge is 0.446 e. The zero-order valence-corrected chi connectivity index (χ0v) is 34.0. The first kappa shape index (κ1) is 42.2. The molecular weight excluding hydrogens is 822 g/mol. The summed E-state index contributed by atoms with van der Waals surface area (Å²) in [4.78, 5) is 62.9. The lowest BCUT2D eigenvalue weighted by Crippen LogP contribution is -2.58. The van der Waals surface area contributed by atoms with Crippen LogP contribution in [-0.2, 0) is 29.1 Å². The van der Waals surface area contributed by atoms with Gasteiger partial charge in [-0.25, -0.2) is 18.2 Å². The van der Waals surface area contributed by atoms with Crippen molar-refractivity contribution in [1.29, 1.82) is 0 Å². The van der Waals surface area contributed by atoms with Gasteiger partial charge in [-0.15, -0.1) is 13.2 Å². The Hall–Kier alpha value is -5.53. The van der Waals surface area contributed by atoms with Crippen molar-refractivity contribution in [1.82, 2.24) is 40.2 Å². The topological polar surface area (TPSA) is 204 Å². The van der Waals surface area contributed by atoms with Gasteiger partial charge in [0.25, 0.3) is 5.91 Å². The van der Waals surface area contributed by atoms with Gasteiger partial charge in [-0.3, -0.25) is 19.1 Å². The fraction of sp³-hybridized carbons (Fsp3) is 0.537. The van der Waals surface area contributed by atoms with Gasteiger partial charge in [0.1, 0.15) is 35.1 Å². The molecule has 5 atom stereocenters. The van der Waals surface area contributed by atoms with E-state index in [-0.39, 0.29) is 37.6 Å². The summed E-state index contributed by atoms with van der Waals surface area (Å²) >= 11 is 0. The van der Waals surface area contributed by atoms with Crippen LogP contribution in [0, 0.1) is 5.92 Å². The molecular formula is C41H47F3N8O8S. The minimum absolute atomic E-state index is 0.0473. The van der Waals surface area contributed by atoms with Crippen LogP contribution in [-0.4, -0.2) is 99.0 Å². The van der Waals surface area contributed by atoms with Crippen LogP contribution in [0.4, 0.5) is 18.0 Å². The molecule has 0 unspecified atom stereocenters. The Kier molecular flexibility index (Phi) is 11.8. The normalized spacial score (nSPS) is 26.8. The number of carbonyl (C=O) groups is 4. The SMILES string of the molecule is O=C(N[C@@H]1CCCCC/C=C/[C@@H]2C[C@@]2(C(=O)NS(=O)(=O)C2CC2)NC(=O)[C@@H]2C[C@@H](n3nc(-c4ccccc4)c(-c4ccc(OC(F)(F)F)nc4)n3)CN2C1=O)OC1CCCC1. The number of alkyl halides is 3. The van der Waals surface area contributed by atoms with Crippen LogP contribution in [0.5, 0.6) is 5.88 Å². The number of amides is 4. The van der Waals surface area contributed by atoms with E-state index >= 15 is 0 Å². The molecule has 1 aromatic carbocycles. The minimum Gasteiger partial charge on any atom is -0.446 e. The Morgan fingerprint density at radius 2 is 1.62 bits per heavy atom. The third kappa shape index (κ3) is 9.68. The van der Waals surface area contributed by atoms with Gasteiger partial charge in [0, 0.05) is 42.3 Å². The van der Waals surface area contributed by atoms with Crippen LogP contribution in [0.3, 0.4) is 0 Å². The average Bonchev–Trinajstić information content (AvgIpc) is 3.99. The van der Waals surface area contributed by atoms with Gasteiger partial charge >= 0.3 is 12.5 Å². The van der Waals surface area contributed by atoms with Crippen molar-refractivity contribution < 1.29 is 50.2 Å². The maximum absolute atomic E-state index is 14.7. The van der Waals surface area contributed by atoms with Crippen molar-refractivity contribution in [2.24, 2.45) is 5.92 Å². The second-order valence-corrected chi connectivity index (χ2v) is 18.4. The highest BCUT2D eigenvalue weighted by atomic mass is 32.2. The number of ether oxygens (including phenoxy) is 2. The molecule has 2 aliphatic heterocycles. The quantitative estimate of drug-likeness (QED) is 0.242. The summed E-state index contributed by atoms with van der Waals surface area (Å²) in [5.74, 6) is -3.27. The van der Waals surface area contributed by atoms with Crippen molar-refractivity contribution in [2.75, 3.05) is 6.54 Å². The molecule has 1 saturated heterocycles. The van der Waals surface area contributed by atoms with Crippen LogP contribution >= 0.6 is 0 Å². The number of sulfonamides is 1. The molecule has 0 spiro atoms. The molecule has 4 fully saturated rings. The Morgan fingerprint density at radius 3 is 2.31 bits per heavy atom. The minimum atomic E-state index is -4.95. The molecule has 4 heterocycles. The molecule has 4 amide bonds. The number of nitrogens with one attached hydrogen (secondary N) is 3. The third-order valence-corrected chi connectivity index (χ3v) is 13.8. The number of hydrogen-bond acceptors (Lipinski definition) is 11. The van der Waals surface area contributed by atoms with E-state index in [1.807, 2.05) is 12.2 Å². The summed E-state index contributed by atoms with van der Waals surface area (Å²) in [6, 6.07) is 8.28. The number of carbonyl (C=O) groups excluding carboxylic acids is 4. The molecule has 8 rings (SSSR count). The molecule has 0 bridgehead atoms. The Bertz CT molecular complexity index is 2270. The zero-order valence-electron chi connectivity index (χ0n) is 33.2. The van der Waals surface area contributed by atoms with E-state index in [2.05, 4.69) is 25.1 Å². The molecule has 61 heavy (non-hydrogen) atoms. The summed E-state index contributed by atoms with van der Waals surface area (Å²) < 4.78 is 76.4. The van der Waals surface area contributed by atoms with Gasteiger partial charge in [0.2, 0.25) is 27.7 Å². The number of benzene rings is 1. The van der Waals surface area contributed by atoms with E-state index in [9.17, 15) is 40.8 Å². The number of allylic oxidation sites excluding steroid dienone is 1.